The molecule has 0 saturated heterocycles. The number of unbranched alkanes of at least 4 members (excludes halogenated alkanes) is 1. The third-order valence-electron chi connectivity index (χ3n) is 3.32. The first-order valence-corrected chi connectivity index (χ1v) is 7.33. The largest absolute Gasteiger partial charge is 0.389 e. The molecule has 112 valence electrons. The first kappa shape index (κ1) is 15.5. The number of benzene rings is 1. The van der Waals surface area contributed by atoms with E-state index >= 15 is 0 Å². The van der Waals surface area contributed by atoms with Gasteiger partial charge in [0, 0.05) is 6.61 Å². The van der Waals surface area contributed by atoms with Crippen molar-refractivity contribution in [2.75, 3.05) is 13.2 Å². The minimum absolute atomic E-state index is 0.234. The van der Waals surface area contributed by atoms with Crippen LogP contribution in [0.15, 0.2) is 24.3 Å². The Bertz CT molecular complexity index is 615. The summed E-state index contributed by atoms with van der Waals surface area (Å²) >= 11 is 0. The van der Waals surface area contributed by atoms with E-state index in [1.54, 1.807) is 0 Å². The predicted molar refractivity (Wildman–Crippen MR) is 80.8 cm³/mol. The van der Waals surface area contributed by atoms with E-state index in [1.807, 2.05) is 28.8 Å². The molecule has 0 fully saturated rings. The summed E-state index contributed by atoms with van der Waals surface area (Å²) in [7, 11) is 0. The SMILES string of the molecule is CCCCOCC(O)Cn1c(CC#N)nc2ccccc21. The molecule has 1 atom stereocenters. The number of fused-ring (bicyclic) bond motifs is 1. The van der Waals surface area contributed by atoms with E-state index in [4.69, 9.17) is 10.00 Å². The minimum Gasteiger partial charge on any atom is -0.389 e. The molecule has 1 aromatic heterocycles. The van der Waals surface area contributed by atoms with Crippen LogP contribution < -0.4 is 0 Å². The average molecular weight is 287 g/mol. The quantitative estimate of drug-likeness (QED) is 0.756. The number of nitriles is 1. The zero-order valence-electron chi connectivity index (χ0n) is 12.3. The fraction of sp³-hybridized carbons (Fsp3) is 0.500. The fourth-order valence-electron chi connectivity index (χ4n) is 2.26. The van der Waals surface area contributed by atoms with E-state index in [0.717, 1.165) is 23.9 Å². The van der Waals surface area contributed by atoms with Crippen LogP contribution in [-0.4, -0.2) is 34.0 Å². The average Bonchev–Trinajstić information content (AvgIpc) is 2.82. The van der Waals surface area contributed by atoms with Crippen LogP contribution >= 0.6 is 0 Å². The summed E-state index contributed by atoms with van der Waals surface area (Å²) in [4.78, 5) is 4.45. The van der Waals surface area contributed by atoms with Gasteiger partial charge in [0.05, 0.1) is 42.8 Å². The Labute approximate surface area is 124 Å². The first-order valence-electron chi connectivity index (χ1n) is 7.33. The number of nitrogens with zero attached hydrogens (tertiary/aromatic N) is 3. The lowest BCUT2D eigenvalue weighted by molar-refractivity contribution is 0.0273. The van der Waals surface area contributed by atoms with E-state index in [9.17, 15) is 5.11 Å². The number of aliphatic hydroxyl groups is 1. The van der Waals surface area contributed by atoms with Crippen molar-refractivity contribution in [3.8, 4) is 6.07 Å². The molecule has 0 aliphatic rings. The zero-order valence-corrected chi connectivity index (χ0v) is 12.3. The van der Waals surface area contributed by atoms with Crippen LogP contribution in [0.3, 0.4) is 0 Å². The highest BCUT2D eigenvalue weighted by Gasteiger charge is 2.14. The monoisotopic (exact) mass is 287 g/mol. The van der Waals surface area contributed by atoms with Crippen molar-refractivity contribution in [1.29, 1.82) is 5.26 Å². The number of imidazole rings is 1. The van der Waals surface area contributed by atoms with E-state index < -0.39 is 6.10 Å². The standard InChI is InChI=1S/C16H21N3O2/c1-2-3-10-21-12-13(20)11-19-15-7-5-4-6-14(15)18-16(19)8-9-17/h4-7,13,20H,2-3,8,10-12H2,1H3. The number of hydrogen-bond acceptors (Lipinski definition) is 4. The second-order valence-electron chi connectivity index (χ2n) is 5.04. The van der Waals surface area contributed by atoms with Crippen molar-refractivity contribution >= 4 is 11.0 Å². The van der Waals surface area contributed by atoms with Crippen LogP contribution in [-0.2, 0) is 17.7 Å². The zero-order chi connectivity index (χ0) is 15.1. The van der Waals surface area contributed by atoms with Crippen LogP contribution in [0.5, 0.6) is 0 Å². The molecule has 0 radical (unpaired) electrons. The lowest BCUT2D eigenvalue weighted by Crippen LogP contribution is -2.23. The molecule has 0 aliphatic heterocycles. The number of rotatable bonds is 8. The molecule has 0 saturated carbocycles. The van der Waals surface area contributed by atoms with Crippen LogP contribution in [0.1, 0.15) is 25.6 Å². The predicted octanol–water partition coefficient (Wildman–Crippen LogP) is 2.28. The Morgan fingerprint density at radius 3 is 3.00 bits per heavy atom. The fourth-order valence-corrected chi connectivity index (χ4v) is 2.26. The van der Waals surface area contributed by atoms with Crippen molar-refractivity contribution in [2.24, 2.45) is 0 Å². The Morgan fingerprint density at radius 2 is 2.24 bits per heavy atom. The molecule has 2 aromatic rings. The van der Waals surface area contributed by atoms with Gasteiger partial charge < -0.3 is 14.4 Å². The Morgan fingerprint density at radius 1 is 1.43 bits per heavy atom. The van der Waals surface area contributed by atoms with Crippen molar-refractivity contribution in [2.45, 2.75) is 38.8 Å². The van der Waals surface area contributed by atoms with Crippen molar-refractivity contribution in [1.82, 2.24) is 9.55 Å². The van der Waals surface area contributed by atoms with Gasteiger partial charge in [-0.25, -0.2) is 4.98 Å². The van der Waals surface area contributed by atoms with Gasteiger partial charge in [0.25, 0.3) is 0 Å². The molecule has 2 rings (SSSR count). The lowest BCUT2D eigenvalue weighted by Gasteiger charge is -2.14. The molecule has 21 heavy (non-hydrogen) atoms. The molecule has 5 nitrogen and oxygen atoms in total. The number of aromatic nitrogens is 2. The molecule has 1 unspecified atom stereocenters. The number of hydrogen-bond donors (Lipinski definition) is 1. The summed E-state index contributed by atoms with van der Waals surface area (Å²) in [6.45, 7) is 3.47. The van der Waals surface area contributed by atoms with E-state index in [2.05, 4.69) is 18.0 Å². The van der Waals surface area contributed by atoms with Gasteiger partial charge in [0.2, 0.25) is 0 Å². The third kappa shape index (κ3) is 4.03. The summed E-state index contributed by atoms with van der Waals surface area (Å²) in [6, 6.07) is 9.84. The Balaban J connectivity index is 2.09. The van der Waals surface area contributed by atoms with Gasteiger partial charge in [-0.3, -0.25) is 0 Å². The van der Waals surface area contributed by atoms with Gasteiger partial charge in [0.1, 0.15) is 5.82 Å². The number of ether oxygens (including phenoxy) is 1. The van der Waals surface area contributed by atoms with E-state index in [0.29, 0.717) is 25.6 Å². The van der Waals surface area contributed by atoms with Gasteiger partial charge in [0.15, 0.2) is 0 Å². The van der Waals surface area contributed by atoms with Crippen molar-refractivity contribution in [3.05, 3.63) is 30.1 Å². The number of para-hydroxylation sites is 2. The molecule has 5 heteroatoms. The van der Waals surface area contributed by atoms with E-state index in [1.165, 1.54) is 0 Å². The molecule has 1 aromatic carbocycles. The molecular weight excluding hydrogens is 266 g/mol. The van der Waals surface area contributed by atoms with E-state index in [-0.39, 0.29) is 6.42 Å². The lowest BCUT2D eigenvalue weighted by atomic mass is 10.3. The van der Waals surface area contributed by atoms with Crippen LogP contribution in [0.2, 0.25) is 0 Å². The smallest absolute Gasteiger partial charge is 0.124 e. The summed E-state index contributed by atoms with van der Waals surface area (Å²) < 4.78 is 7.36. The topological polar surface area (TPSA) is 71.1 Å². The molecule has 0 bridgehead atoms. The maximum atomic E-state index is 10.1. The van der Waals surface area contributed by atoms with Crippen LogP contribution in [0, 0.1) is 11.3 Å². The Kier molecular flexibility index (Phi) is 5.73. The summed E-state index contributed by atoms with van der Waals surface area (Å²) in [6.07, 6.45) is 1.71. The molecule has 0 aliphatic carbocycles. The molecule has 0 spiro atoms. The number of aliphatic hydroxyl groups excluding tert-OH is 1. The second kappa shape index (κ2) is 7.77. The molecular formula is C16H21N3O2. The highest BCUT2D eigenvalue weighted by molar-refractivity contribution is 5.76. The maximum absolute atomic E-state index is 10.1. The van der Waals surface area contributed by atoms with Crippen LogP contribution in [0.4, 0.5) is 0 Å². The summed E-state index contributed by atoms with van der Waals surface area (Å²) in [5.74, 6) is 0.686. The van der Waals surface area contributed by atoms with Gasteiger partial charge in [-0.05, 0) is 18.6 Å². The second-order valence-corrected chi connectivity index (χ2v) is 5.04. The highest BCUT2D eigenvalue weighted by Crippen LogP contribution is 2.17. The van der Waals surface area contributed by atoms with Gasteiger partial charge in [-0.15, -0.1) is 0 Å². The molecule has 1 N–H and O–H groups in total. The van der Waals surface area contributed by atoms with Gasteiger partial charge in [-0.1, -0.05) is 25.5 Å². The summed E-state index contributed by atoms with van der Waals surface area (Å²) in [5.41, 5.74) is 1.79. The third-order valence-corrected chi connectivity index (χ3v) is 3.32. The summed E-state index contributed by atoms with van der Waals surface area (Å²) in [5, 5.41) is 19.0. The minimum atomic E-state index is -0.600. The van der Waals surface area contributed by atoms with Crippen molar-refractivity contribution in [3.63, 3.8) is 0 Å². The maximum Gasteiger partial charge on any atom is 0.124 e. The first-order chi connectivity index (χ1) is 10.3. The molecule has 0 amide bonds. The highest BCUT2D eigenvalue weighted by atomic mass is 16.5. The van der Waals surface area contributed by atoms with Gasteiger partial charge >= 0.3 is 0 Å². The Hall–Kier alpha value is -1.90. The van der Waals surface area contributed by atoms with Gasteiger partial charge in [-0.2, -0.15) is 5.26 Å². The van der Waals surface area contributed by atoms with Crippen LogP contribution in [0.25, 0.3) is 11.0 Å². The van der Waals surface area contributed by atoms with Crippen molar-refractivity contribution < 1.29 is 9.84 Å². The normalized spacial score (nSPS) is 12.4. The molecule has 1 heterocycles.